The van der Waals surface area contributed by atoms with E-state index in [1.807, 2.05) is 0 Å². The highest BCUT2D eigenvalue weighted by Crippen LogP contribution is 2.39. The highest BCUT2D eigenvalue weighted by molar-refractivity contribution is 6.46. The van der Waals surface area contributed by atoms with E-state index in [2.05, 4.69) is 0 Å². The molecule has 2 aliphatic heterocycles. The van der Waals surface area contributed by atoms with Crippen LogP contribution in [0.5, 0.6) is 5.75 Å². The van der Waals surface area contributed by atoms with E-state index in [0.29, 0.717) is 42.1 Å². The minimum Gasteiger partial charge on any atom is -0.872 e. The smallest absolute Gasteiger partial charge is 0.295 e. The zero-order valence-corrected chi connectivity index (χ0v) is 20.3. The summed E-state index contributed by atoms with van der Waals surface area (Å²) in [7, 11) is 1.52. The summed E-state index contributed by atoms with van der Waals surface area (Å²) >= 11 is 0. The molecule has 0 aliphatic carbocycles. The summed E-state index contributed by atoms with van der Waals surface area (Å²) in [6.45, 7) is 5.97. The van der Waals surface area contributed by atoms with Crippen LogP contribution in [0.2, 0.25) is 0 Å². The fourth-order valence-corrected chi connectivity index (χ4v) is 4.80. The second-order valence-corrected chi connectivity index (χ2v) is 8.97. The van der Waals surface area contributed by atoms with Crippen LogP contribution < -0.4 is 14.7 Å². The summed E-state index contributed by atoms with van der Waals surface area (Å²) in [6, 6.07) is 9.63. The Morgan fingerprint density at radius 1 is 1.17 bits per heavy atom. The van der Waals surface area contributed by atoms with E-state index < -0.39 is 28.4 Å². The number of Topliss-reactive ketones (excluding diaryl/α,β-unsaturated/α-hetero) is 1. The summed E-state index contributed by atoms with van der Waals surface area (Å²) in [4.78, 5) is 39.7. The molecule has 36 heavy (non-hydrogen) atoms. The van der Waals surface area contributed by atoms with Crippen LogP contribution in [0.25, 0.3) is 5.76 Å². The Bertz CT molecular complexity index is 1190. The van der Waals surface area contributed by atoms with Crippen molar-refractivity contribution in [3.8, 4) is 5.75 Å². The molecule has 1 unspecified atom stereocenters. The van der Waals surface area contributed by atoms with Crippen LogP contribution in [0.1, 0.15) is 29.2 Å². The summed E-state index contributed by atoms with van der Waals surface area (Å²) in [6.07, 6.45) is 0.640. The van der Waals surface area contributed by atoms with Crippen LogP contribution in [-0.4, -0.2) is 68.0 Å². The molecule has 10 nitrogen and oxygen atoms in total. The van der Waals surface area contributed by atoms with Gasteiger partial charge in [-0.15, -0.1) is 0 Å². The number of carbonyl (C=O) groups excluding carboxylic acids is 2. The number of amides is 1. The first-order chi connectivity index (χ1) is 17.3. The Balaban J connectivity index is 1.71. The van der Waals surface area contributed by atoms with Gasteiger partial charge in [-0.05, 0) is 47.9 Å². The molecule has 0 radical (unpaired) electrons. The van der Waals surface area contributed by atoms with E-state index in [1.54, 1.807) is 25.1 Å². The Hall–Kier alpha value is -3.76. The van der Waals surface area contributed by atoms with E-state index in [9.17, 15) is 24.8 Å². The molecular formula is C26H29N3O7. The van der Waals surface area contributed by atoms with Gasteiger partial charge in [0.15, 0.2) is 0 Å². The lowest BCUT2D eigenvalue weighted by atomic mass is 9.93. The van der Waals surface area contributed by atoms with Crippen molar-refractivity contribution < 1.29 is 34.0 Å². The zero-order chi connectivity index (χ0) is 25.8. The second kappa shape index (κ2) is 10.9. The van der Waals surface area contributed by atoms with Gasteiger partial charge < -0.3 is 24.4 Å². The number of carbonyl (C=O) groups is 2. The van der Waals surface area contributed by atoms with E-state index in [0.717, 1.165) is 19.6 Å². The van der Waals surface area contributed by atoms with E-state index in [1.165, 1.54) is 41.2 Å². The number of methoxy groups -OCH3 is 1. The number of non-ortho nitro benzene ring substituents is 1. The van der Waals surface area contributed by atoms with Gasteiger partial charge in [0.25, 0.3) is 11.6 Å². The van der Waals surface area contributed by atoms with E-state index in [-0.39, 0.29) is 17.8 Å². The van der Waals surface area contributed by atoms with Crippen molar-refractivity contribution >= 4 is 23.1 Å². The molecule has 2 fully saturated rings. The number of ketones is 1. The lowest BCUT2D eigenvalue weighted by molar-refractivity contribution is -0.908. The average Bonchev–Trinajstić information content (AvgIpc) is 3.14. The topological polar surface area (TPSA) is 126 Å². The summed E-state index contributed by atoms with van der Waals surface area (Å²) in [5.74, 6) is -1.53. The SMILES string of the molecule is COc1ccc(C([O-])=C2C(=O)C(=O)N(CCC[NH+]3CCOCC3)C2c2ccc([N+](=O)[O-])cc2)c(C)c1. The molecule has 2 aromatic rings. The number of likely N-dealkylation sites (tertiary alicyclic amines) is 1. The number of nitrogens with one attached hydrogen (secondary N) is 1. The minimum atomic E-state index is -0.917. The van der Waals surface area contributed by atoms with Crippen molar-refractivity contribution in [3.63, 3.8) is 0 Å². The third-order valence-electron chi connectivity index (χ3n) is 6.76. The van der Waals surface area contributed by atoms with Gasteiger partial charge in [-0.25, -0.2) is 0 Å². The molecule has 2 aliphatic rings. The van der Waals surface area contributed by atoms with Crippen molar-refractivity contribution in [3.05, 3.63) is 74.8 Å². The van der Waals surface area contributed by atoms with Crippen LogP contribution in [-0.2, 0) is 14.3 Å². The Morgan fingerprint density at radius 2 is 1.86 bits per heavy atom. The highest BCUT2D eigenvalue weighted by atomic mass is 16.6. The molecule has 2 heterocycles. The number of quaternary nitrogens is 1. The van der Waals surface area contributed by atoms with Crippen molar-refractivity contribution in [2.24, 2.45) is 0 Å². The predicted octanol–water partition coefficient (Wildman–Crippen LogP) is 0.441. The molecular weight excluding hydrogens is 466 g/mol. The van der Waals surface area contributed by atoms with Crippen LogP contribution >= 0.6 is 0 Å². The standard InChI is InChI=1S/C26H29N3O7/c1-17-16-20(35-2)8-9-21(17)24(30)22-23(18-4-6-19(7-5-18)29(33)34)28(26(32)25(22)31)11-3-10-27-12-14-36-15-13-27/h4-9,16,23,30H,3,10-15H2,1-2H3. The van der Waals surface area contributed by atoms with Crippen LogP contribution in [0.15, 0.2) is 48.0 Å². The maximum atomic E-state index is 13.6. The number of nitro groups is 1. The molecule has 1 amide bonds. The van der Waals surface area contributed by atoms with Gasteiger partial charge in [-0.2, -0.15) is 0 Å². The van der Waals surface area contributed by atoms with Crippen LogP contribution in [0, 0.1) is 17.0 Å². The van der Waals surface area contributed by atoms with Gasteiger partial charge in [0.2, 0.25) is 5.78 Å². The lowest BCUT2D eigenvalue weighted by Crippen LogP contribution is -3.14. The molecule has 1 atom stereocenters. The Labute approximate surface area is 208 Å². The number of ether oxygens (including phenoxy) is 2. The molecule has 2 saturated heterocycles. The normalized spacial score (nSPS) is 20.1. The maximum Gasteiger partial charge on any atom is 0.295 e. The van der Waals surface area contributed by atoms with Crippen LogP contribution in [0.4, 0.5) is 5.69 Å². The third kappa shape index (κ3) is 5.09. The van der Waals surface area contributed by atoms with Crippen molar-refractivity contribution in [2.75, 3.05) is 46.5 Å². The number of nitrogens with zero attached hydrogens (tertiary/aromatic N) is 2. The van der Waals surface area contributed by atoms with Gasteiger partial charge in [-0.1, -0.05) is 11.8 Å². The van der Waals surface area contributed by atoms with Gasteiger partial charge in [-0.3, -0.25) is 19.7 Å². The highest BCUT2D eigenvalue weighted by Gasteiger charge is 2.44. The predicted molar refractivity (Wildman–Crippen MR) is 128 cm³/mol. The second-order valence-electron chi connectivity index (χ2n) is 8.97. The number of aryl methyl sites for hydroxylation is 1. The lowest BCUT2D eigenvalue weighted by Gasteiger charge is -2.29. The van der Waals surface area contributed by atoms with E-state index >= 15 is 0 Å². The first-order valence-electron chi connectivity index (χ1n) is 11.9. The quantitative estimate of drug-likeness (QED) is 0.185. The monoisotopic (exact) mass is 495 g/mol. The minimum absolute atomic E-state index is 0.115. The molecule has 4 rings (SSSR count). The molecule has 0 bridgehead atoms. The molecule has 10 heteroatoms. The Morgan fingerprint density at radius 3 is 2.47 bits per heavy atom. The molecule has 0 saturated carbocycles. The molecule has 2 aromatic carbocycles. The number of morpholine rings is 1. The third-order valence-corrected chi connectivity index (χ3v) is 6.76. The first kappa shape index (κ1) is 25.3. The number of hydrogen-bond acceptors (Lipinski definition) is 7. The summed E-state index contributed by atoms with van der Waals surface area (Å²) < 4.78 is 10.6. The number of hydrogen-bond donors (Lipinski definition) is 1. The summed E-state index contributed by atoms with van der Waals surface area (Å²) in [5.41, 5.74) is 1.15. The van der Waals surface area contributed by atoms with Crippen molar-refractivity contribution in [2.45, 2.75) is 19.4 Å². The zero-order valence-electron chi connectivity index (χ0n) is 20.3. The van der Waals surface area contributed by atoms with Gasteiger partial charge in [0, 0.05) is 30.7 Å². The van der Waals surface area contributed by atoms with Gasteiger partial charge >= 0.3 is 0 Å². The van der Waals surface area contributed by atoms with Crippen LogP contribution in [0.3, 0.4) is 0 Å². The molecule has 0 aromatic heterocycles. The first-order valence-corrected chi connectivity index (χ1v) is 11.9. The largest absolute Gasteiger partial charge is 0.872 e. The maximum absolute atomic E-state index is 13.6. The number of benzene rings is 2. The Kier molecular flexibility index (Phi) is 7.66. The fourth-order valence-electron chi connectivity index (χ4n) is 4.80. The van der Waals surface area contributed by atoms with Gasteiger partial charge in [0.1, 0.15) is 18.8 Å². The molecule has 190 valence electrons. The number of nitro benzene ring substituents is 1. The summed E-state index contributed by atoms with van der Waals surface area (Å²) in [5, 5.41) is 24.8. The molecule has 1 N–H and O–H groups in total. The van der Waals surface area contributed by atoms with E-state index in [4.69, 9.17) is 9.47 Å². The number of rotatable bonds is 8. The van der Waals surface area contributed by atoms with Crippen molar-refractivity contribution in [1.82, 2.24) is 4.90 Å². The van der Waals surface area contributed by atoms with Gasteiger partial charge in [0.05, 0.1) is 37.8 Å². The average molecular weight is 496 g/mol. The fraction of sp³-hybridized carbons (Fsp3) is 0.385. The molecule has 0 spiro atoms. The van der Waals surface area contributed by atoms with Crippen molar-refractivity contribution in [1.29, 1.82) is 0 Å².